The fourth-order valence-corrected chi connectivity index (χ4v) is 4.85. The van der Waals surface area contributed by atoms with Gasteiger partial charge >= 0.3 is 5.97 Å². The Hall–Kier alpha value is -2.54. The third kappa shape index (κ3) is 3.39. The second-order valence-corrected chi connectivity index (χ2v) is 8.12. The normalized spacial score (nSPS) is 17.5. The molecule has 0 saturated carbocycles. The number of nitrogens with one attached hydrogen (secondary N) is 1. The Morgan fingerprint density at radius 1 is 1.44 bits per heavy atom. The van der Waals surface area contributed by atoms with Crippen LogP contribution in [-0.2, 0) is 17.6 Å². The van der Waals surface area contributed by atoms with E-state index in [1.165, 1.54) is 23.1 Å². The van der Waals surface area contributed by atoms with Crippen LogP contribution >= 0.6 is 11.3 Å². The average Bonchev–Trinajstić information content (AvgIpc) is 2.99. The zero-order chi connectivity index (χ0) is 19.1. The van der Waals surface area contributed by atoms with E-state index in [1.54, 1.807) is 18.3 Å². The molecule has 7 heteroatoms. The number of aromatic nitrogens is 2. The summed E-state index contributed by atoms with van der Waals surface area (Å²) in [5.41, 5.74) is 1.03. The lowest BCUT2D eigenvalue weighted by atomic mass is 9.89. The van der Waals surface area contributed by atoms with E-state index in [-0.39, 0.29) is 11.1 Å². The van der Waals surface area contributed by atoms with Crippen molar-refractivity contribution < 1.29 is 13.9 Å². The number of benzene rings is 1. The number of rotatable bonds is 3. The maximum atomic E-state index is 13.3. The van der Waals surface area contributed by atoms with Crippen LogP contribution in [0.4, 0.5) is 4.39 Å². The van der Waals surface area contributed by atoms with Crippen LogP contribution < -0.4 is 5.56 Å². The third-order valence-corrected chi connectivity index (χ3v) is 6.06. The number of esters is 1. The number of thiophene rings is 1. The lowest BCUT2D eigenvalue weighted by molar-refractivity contribution is 0.0319. The molecule has 1 aliphatic carbocycles. The van der Waals surface area contributed by atoms with E-state index in [4.69, 9.17) is 4.74 Å². The predicted molar refractivity (Wildman–Crippen MR) is 102 cm³/mol. The molecule has 2 heterocycles. The number of H-pyrrole nitrogens is 1. The number of nitrogens with zero attached hydrogens (tertiary/aromatic N) is 1. The van der Waals surface area contributed by atoms with Crippen LogP contribution in [0.2, 0.25) is 0 Å². The molecule has 0 aliphatic heterocycles. The quantitative estimate of drug-likeness (QED) is 0.686. The molecule has 1 N–H and O–H groups in total. The smallest absolute Gasteiger partial charge is 0.338 e. The van der Waals surface area contributed by atoms with Crippen LogP contribution in [0.1, 0.15) is 53.0 Å². The van der Waals surface area contributed by atoms with E-state index >= 15 is 0 Å². The van der Waals surface area contributed by atoms with E-state index in [0.29, 0.717) is 22.0 Å². The lowest BCUT2D eigenvalue weighted by Crippen LogP contribution is -2.18. The molecule has 0 unspecified atom stereocenters. The molecule has 0 radical (unpaired) electrons. The van der Waals surface area contributed by atoms with Crippen LogP contribution in [0.3, 0.4) is 0 Å². The Kier molecular flexibility index (Phi) is 4.55. The largest absolute Gasteiger partial charge is 0.451 e. The van der Waals surface area contributed by atoms with Gasteiger partial charge in [0.2, 0.25) is 0 Å². The van der Waals surface area contributed by atoms with E-state index in [1.807, 2.05) is 0 Å². The Bertz CT molecular complexity index is 1090. The minimum atomic E-state index is -0.754. The summed E-state index contributed by atoms with van der Waals surface area (Å²) in [5, 5.41) is 0.661. The fourth-order valence-electron chi connectivity index (χ4n) is 3.46. The van der Waals surface area contributed by atoms with Gasteiger partial charge in [0.25, 0.3) is 5.56 Å². The molecule has 0 spiro atoms. The van der Waals surface area contributed by atoms with Crippen molar-refractivity contribution >= 4 is 27.5 Å². The average molecular weight is 386 g/mol. The van der Waals surface area contributed by atoms with E-state index < -0.39 is 17.9 Å². The molecule has 27 heavy (non-hydrogen) atoms. The summed E-state index contributed by atoms with van der Waals surface area (Å²) in [6.45, 7) is 3.85. The van der Waals surface area contributed by atoms with E-state index in [9.17, 15) is 14.0 Å². The Morgan fingerprint density at radius 2 is 2.26 bits per heavy atom. The number of fused-ring (bicyclic) bond motifs is 3. The summed E-state index contributed by atoms with van der Waals surface area (Å²) in [5.74, 6) is -0.272. The molecule has 0 amide bonds. The van der Waals surface area contributed by atoms with Crippen molar-refractivity contribution in [3.05, 3.63) is 62.3 Å². The van der Waals surface area contributed by atoms with Gasteiger partial charge in [0.05, 0.1) is 10.9 Å². The van der Waals surface area contributed by atoms with E-state index in [0.717, 1.165) is 30.9 Å². The zero-order valence-corrected chi connectivity index (χ0v) is 15.9. The number of halogens is 1. The summed E-state index contributed by atoms with van der Waals surface area (Å²) in [6.07, 6.45) is 2.18. The van der Waals surface area contributed by atoms with Crippen molar-refractivity contribution in [2.75, 3.05) is 0 Å². The standard InChI is InChI=1S/C20H19FN2O3S/c1-10-6-7-14-15(8-10)27-19-16(14)18(24)22-17(23-19)11(2)26-20(25)12-4-3-5-13(21)9-12/h3-5,9-11H,6-8H2,1-2H3,(H,22,23,24)/t10-,11-/m1/s1. The van der Waals surface area contributed by atoms with Crippen LogP contribution in [0, 0.1) is 11.7 Å². The van der Waals surface area contributed by atoms with Gasteiger partial charge in [0, 0.05) is 4.88 Å². The van der Waals surface area contributed by atoms with Crippen LogP contribution in [-0.4, -0.2) is 15.9 Å². The summed E-state index contributed by atoms with van der Waals surface area (Å²) in [7, 11) is 0. The van der Waals surface area contributed by atoms with Crippen molar-refractivity contribution in [2.24, 2.45) is 5.92 Å². The first-order chi connectivity index (χ1) is 12.9. The molecule has 140 valence electrons. The highest BCUT2D eigenvalue weighted by molar-refractivity contribution is 7.18. The summed E-state index contributed by atoms with van der Waals surface area (Å²) >= 11 is 1.55. The predicted octanol–water partition coefficient (Wildman–Crippen LogP) is 4.17. The number of hydrogen-bond donors (Lipinski definition) is 1. The van der Waals surface area contributed by atoms with Crippen molar-refractivity contribution in [1.82, 2.24) is 9.97 Å². The summed E-state index contributed by atoms with van der Waals surface area (Å²) in [4.78, 5) is 34.1. The molecule has 1 aliphatic rings. The lowest BCUT2D eigenvalue weighted by Gasteiger charge is -2.17. The van der Waals surface area contributed by atoms with Gasteiger partial charge < -0.3 is 9.72 Å². The number of aryl methyl sites for hydroxylation is 1. The minimum absolute atomic E-state index is 0.117. The highest BCUT2D eigenvalue weighted by Crippen LogP contribution is 2.36. The van der Waals surface area contributed by atoms with Crippen LogP contribution in [0.5, 0.6) is 0 Å². The van der Waals surface area contributed by atoms with Crippen molar-refractivity contribution in [3.8, 4) is 0 Å². The van der Waals surface area contributed by atoms with Crippen molar-refractivity contribution in [3.63, 3.8) is 0 Å². The van der Waals surface area contributed by atoms with Gasteiger partial charge in [-0.1, -0.05) is 13.0 Å². The number of hydrogen-bond acceptors (Lipinski definition) is 5. The number of aromatic amines is 1. The SMILES string of the molecule is C[C@@H]1CCc2c(sc3nc([C@@H](C)OC(=O)c4cccc(F)c4)[nH]c(=O)c23)C1. The molecule has 3 aromatic rings. The number of carbonyl (C=O) groups is 1. The first-order valence-corrected chi connectivity index (χ1v) is 9.75. The van der Waals surface area contributed by atoms with Gasteiger partial charge in [-0.3, -0.25) is 4.79 Å². The number of carbonyl (C=O) groups excluding carboxylic acids is 1. The van der Waals surface area contributed by atoms with Gasteiger partial charge in [0.15, 0.2) is 11.9 Å². The molecule has 2 atom stereocenters. The minimum Gasteiger partial charge on any atom is -0.451 e. The highest BCUT2D eigenvalue weighted by atomic mass is 32.1. The third-order valence-electron chi connectivity index (χ3n) is 4.91. The Labute approximate surface area is 159 Å². The first-order valence-electron chi connectivity index (χ1n) is 8.93. The maximum absolute atomic E-state index is 13.3. The fraction of sp³-hybridized carbons (Fsp3) is 0.350. The molecular formula is C20H19FN2O3S. The summed E-state index contributed by atoms with van der Waals surface area (Å²) in [6, 6.07) is 5.29. The molecule has 0 fully saturated rings. The van der Waals surface area contributed by atoms with Crippen LogP contribution in [0.15, 0.2) is 29.1 Å². The van der Waals surface area contributed by atoms with Gasteiger partial charge in [-0.2, -0.15) is 0 Å². The highest BCUT2D eigenvalue weighted by Gasteiger charge is 2.24. The summed E-state index contributed by atoms with van der Waals surface area (Å²) < 4.78 is 18.7. The molecule has 1 aromatic carbocycles. The topological polar surface area (TPSA) is 72.0 Å². The number of ether oxygens (including phenoxy) is 1. The zero-order valence-electron chi connectivity index (χ0n) is 15.0. The van der Waals surface area contributed by atoms with Crippen LogP contribution in [0.25, 0.3) is 10.2 Å². The Morgan fingerprint density at radius 3 is 3.04 bits per heavy atom. The molecule has 0 bridgehead atoms. The maximum Gasteiger partial charge on any atom is 0.338 e. The second-order valence-electron chi connectivity index (χ2n) is 7.04. The van der Waals surface area contributed by atoms with Gasteiger partial charge in [-0.25, -0.2) is 14.2 Å². The second kappa shape index (κ2) is 6.88. The molecular weight excluding hydrogens is 367 g/mol. The van der Waals surface area contributed by atoms with Crippen molar-refractivity contribution in [2.45, 2.75) is 39.2 Å². The van der Waals surface area contributed by atoms with Gasteiger partial charge in [0.1, 0.15) is 10.6 Å². The Balaban J connectivity index is 1.64. The first kappa shape index (κ1) is 17.9. The molecule has 0 saturated heterocycles. The van der Waals surface area contributed by atoms with E-state index in [2.05, 4.69) is 16.9 Å². The monoisotopic (exact) mass is 386 g/mol. The van der Waals surface area contributed by atoms with Crippen molar-refractivity contribution in [1.29, 1.82) is 0 Å². The molecule has 4 rings (SSSR count). The van der Waals surface area contributed by atoms with Gasteiger partial charge in [-0.15, -0.1) is 11.3 Å². The van der Waals surface area contributed by atoms with Gasteiger partial charge in [-0.05, 0) is 55.9 Å². The molecule has 5 nitrogen and oxygen atoms in total. The molecule has 2 aromatic heterocycles.